The standard InChI is InChI=1S/C16H16N2O/c17-16-13(15(19)11-6-2-1-3-7-11)10-12-8-4-5-9-14(12)18-16/h1-3,6-7,10H,4-5,8-9H2,(H2,17,18). The highest BCUT2D eigenvalue weighted by Crippen LogP contribution is 2.24. The lowest BCUT2D eigenvalue weighted by atomic mass is 9.93. The molecule has 0 aliphatic heterocycles. The summed E-state index contributed by atoms with van der Waals surface area (Å²) in [5, 5.41) is 0. The lowest BCUT2D eigenvalue weighted by Gasteiger charge is -2.16. The van der Waals surface area contributed by atoms with Crippen molar-refractivity contribution in [1.82, 2.24) is 4.98 Å². The van der Waals surface area contributed by atoms with Crippen molar-refractivity contribution < 1.29 is 4.79 Å². The second kappa shape index (κ2) is 4.84. The molecule has 1 aliphatic rings. The third kappa shape index (κ3) is 2.24. The van der Waals surface area contributed by atoms with Gasteiger partial charge in [0, 0.05) is 11.3 Å². The molecule has 0 unspecified atom stereocenters. The first-order valence-corrected chi connectivity index (χ1v) is 6.64. The maximum atomic E-state index is 12.4. The van der Waals surface area contributed by atoms with E-state index >= 15 is 0 Å². The van der Waals surface area contributed by atoms with Gasteiger partial charge in [0.25, 0.3) is 0 Å². The van der Waals surface area contributed by atoms with Crippen LogP contribution in [-0.2, 0) is 12.8 Å². The van der Waals surface area contributed by atoms with E-state index in [0.29, 0.717) is 16.9 Å². The van der Waals surface area contributed by atoms with Crippen molar-refractivity contribution in [3.05, 3.63) is 58.8 Å². The van der Waals surface area contributed by atoms with Crippen LogP contribution in [0.2, 0.25) is 0 Å². The first-order chi connectivity index (χ1) is 9.25. The summed E-state index contributed by atoms with van der Waals surface area (Å²) in [5.41, 5.74) is 9.39. The van der Waals surface area contributed by atoms with Gasteiger partial charge in [0.1, 0.15) is 5.82 Å². The maximum Gasteiger partial charge on any atom is 0.196 e. The van der Waals surface area contributed by atoms with E-state index in [9.17, 15) is 4.79 Å². The number of carbonyl (C=O) groups excluding carboxylic acids is 1. The molecule has 1 heterocycles. The van der Waals surface area contributed by atoms with Gasteiger partial charge in [0.05, 0.1) is 5.56 Å². The van der Waals surface area contributed by atoms with E-state index in [2.05, 4.69) is 4.98 Å². The molecule has 0 spiro atoms. The zero-order valence-corrected chi connectivity index (χ0v) is 10.7. The van der Waals surface area contributed by atoms with Crippen LogP contribution in [0, 0.1) is 0 Å². The molecule has 0 radical (unpaired) electrons. The van der Waals surface area contributed by atoms with Crippen molar-refractivity contribution in [1.29, 1.82) is 0 Å². The Morgan fingerprint density at radius 1 is 1.11 bits per heavy atom. The van der Waals surface area contributed by atoms with Crippen LogP contribution in [0.3, 0.4) is 0 Å². The van der Waals surface area contributed by atoms with Gasteiger partial charge in [-0.2, -0.15) is 0 Å². The van der Waals surface area contributed by atoms with Crippen LogP contribution in [-0.4, -0.2) is 10.8 Å². The summed E-state index contributed by atoms with van der Waals surface area (Å²) in [6.45, 7) is 0. The predicted molar refractivity (Wildman–Crippen MR) is 75.2 cm³/mol. The van der Waals surface area contributed by atoms with Crippen LogP contribution in [0.25, 0.3) is 0 Å². The molecule has 0 fully saturated rings. The topological polar surface area (TPSA) is 56.0 Å². The summed E-state index contributed by atoms with van der Waals surface area (Å²) in [6, 6.07) is 11.2. The van der Waals surface area contributed by atoms with Crippen LogP contribution in [0.15, 0.2) is 36.4 Å². The van der Waals surface area contributed by atoms with Crippen molar-refractivity contribution in [2.24, 2.45) is 0 Å². The summed E-state index contributed by atoms with van der Waals surface area (Å²) in [4.78, 5) is 16.9. The SMILES string of the molecule is Nc1nc2c(cc1C(=O)c1ccccc1)CCCC2. The molecule has 0 bridgehead atoms. The number of carbonyl (C=O) groups is 1. The molecule has 2 aromatic rings. The Hall–Kier alpha value is -2.16. The Morgan fingerprint density at radius 2 is 1.84 bits per heavy atom. The highest BCUT2D eigenvalue weighted by atomic mass is 16.1. The highest BCUT2D eigenvalue weighted by molar-refractivity contribution is 6.11. The Bertz CT molecular complexity index is 620. The molecule has 0 saturated heterocycles. The number of hydrogen-bond acceptors (Lipinski definition) is 3. The highest BCUT2D eigenvalue weighted by Gasteiger charge is 2.18. The predicted octanol–water partition coefficient (Wildman–Crippen LogP) is 2.77. The molecule has 3 heteroatoms. The second-order valence-electron chi connectivity index (χ2n) is 4.93. The number of aromatic nitrogens is 1. The maximum absolute atomic E-state index is 12.4. The van der Waals surface area contributed by atoms with Crippen molar-refractivity contribution in [3.63, 3.8) is 0 Å². The summed E-state index contributed by atoms with van der Waals surface area (Å²) < 4.78 is 0. The average Bonchev–Trinajstić information content (AvgIpc) is 2.47. The average molecular weight is 252 g/mol. The largest absolute Gasteiger partial charge is 0.383 e. The van der Waals surface area contributed by atoms with E-state index in [-0.39, 0.29) is 5.78 Å². The number of nitrogen functional groups attached to an aromatic ring is 1. The number of rotatable bonds is 2. The Kier molecular flexibility index (Phi) is 3.03. The van der Waals surface area contributed by atoms with Crippen LogP contribution >= 0.6 is 0 Å². The normalized spacial score (nSPS) is 13.9. The quantitative estimate of drug-likeness (QED) is 0.836. The van der Waals surface area contributed by atoms with E-state index in [1.54, 1.807) is 12.1 Å². The Balaban J connectivity index is 2.03. The minimum absolute atomic E-state index is 0.0426. The summed E-state index contributed by atoms with van der Waals surface area (Å²) >= 11 is 0. The van der Waals surface area contributed by atoms with Gasteiger partial charge < -0.3 is 5.73 Å². The lowest BCUT2D eigenvalue weighted by molar-refractivity contribution is 0.103. The van der Waals surface area contributed by atoms with E-state index < -0.39 is 0 Å². The minimum atomic E-state index is -0.0426. The number of pyridine rings is 1. The second-order valence-corrected chi connectivity index (χ2v) is 4.93. The van der Waals surface area contributed by atoms with Crippen LogP contribution in [0.5, 0.6) is 0 Å². The van der Waals surface area contributed by atoms with Gasteiger partial charge in [-0.15, -0.1) is 0 Å². The third-order valence-corrected chi connectivity index (χ3v) is 3.61. The summed E-state index contributed by atoms with van der Waals surface area (Å²) in [7, 11) is 0. The fourth-order valence-electron chi connectivity index (χ4n) is 2.58. The number of nitrogens with zero attached hydrogens (tertiary/aromatic N) is 1. The number of benzene rings is 1. The Labute approximate surface area is 112 Å². The number of anilines is 1. The molecule has 3 nitrogen and oxygen atoms in total. The molecule has 0 amide bonds. The number of fused-ring (bicyclic) bond motifs is 1. The lowest BCUT2D eigenvalue weighted by Crippen LogP contribution is -2.13. The van der Waals surface area contributed by atoms with E-state index in [1.807, 2.05) is 24.3 Å². The van der Waals surface area contributed by atoms with Crippen LogP contribution in [0.4, 0.5) is 5.82 Å². The molecule has 1 aromatic heterocycles. The third-order valence-electron chi connectivity index (χ3n) is 3.61. The summed E-state index contributed by atoms with van der Waals surface area (Å²) in [6.07, 6.45) is 4.29. The Morgan fingerprint density at radius 3 is 2.63 bits per heavy atom. The molecule has 0 atom stereocenters. The number of nitrogens with two attached hydrogens (primary N) is 1. The van der Waals surface area contributed by atoms with Gasteiger partial charge in [-0.1, -0.05) is 30.3 Å². The number of aryl methyl sites for hydroxylation is 2. The number of ketones is 1. The fourth-order valence-corrected chi connectivity index (χ4v) is 2.58. The molecular formula is C16H16N2O. The van der Waals surface area contributed by atoms with E-state index in [4.69, 9.17) is 5.73 Å². The van der Waals surface area contributed by atoms with Gasteiger partial charge >= 0.3 is 0 Å². The molecule has 19 heavy (non-hydrogen) atoms. The molecule has 3 rings (SSSR count). The van der Waals surface area contributed by atoms with Gasteiger partial charge in [-0.25, -0.2) is 4.98 Å². The van der Waals surface area contributed by atoms with Gasteiger partial charge in [0.2, 0.25) is 0 Å². The monoisotopic (exact) mass is 252 g/mol. The molecular weight excluding hydrogens is 236 g/mol. The minimum Gasteiger partial charge on any atom is -0.383 e. The zero-order chi connectivity index (χ0) is 13.2. The smallest absolute Gasteiger partial charge is 0.196 e. The first kappa shape index (κ1) is 11.9. The van der Waals surface area contributed by atoms with E-state index in [1.165, 1.54) is 5.56 Å². The molecule has 2 N–H and O–H groups in total. The zero-order valence-electron chi connectivity index (χ0n) is 10.7. The summed E-state index contributed by atoms with van der Waals surface area (Å²) in [5.74, 6) is 0.313. The van der Waals surface area contributed by atoms with Crippen LogP contribution < -0.4 is 5.73 Å². The van der Waals surface area contributed by atoms with Crippen molar-refractivity contribution in [2.45, 2.75) is 25.7 Å². The van der Waals surface area contributed by atoms with Gasteiger partial charge in [-0.3, -0.25) is 4.79 Å². The molecule has 0 saturated carbocycles. The first-order valence-electron chi connectivity index (χ1n) is 6.64. The molecule has 1 aromatic carbocycles. The van der Waals surface area contributed by atoms with Crippen molar-refractivity contribution >= 4 is 11.6 Å². The van der Waals surface area contributed by atoms with Crippen molar-refractivity contribution in [3.8, 4) is 0 Å². The van der Waals surface area contributed by atoms with E-state index in [0.717, 1.165) is 31.4 Å². The molecule has 96 valence electrons. The fraction of sp³-hybridized carbons (Fsp3) is 0.250. The number of hydrogen-bond donors (Lipinski definition) is 1. The van der Waals surface area contributed by atoms with Crippen LogP contribution in [0.1, 0.15) is 40.0 Å². The van der Waals surface area contributed by atoms with Gasteiger partial charge in [0.15, 0.2) is 5.78 Å². The molecule has 1 aliphatic carbocycles. The van der Waals surface area contributed by atoms with Gasteiger partial charge in [-0.05, 0) is 37.3 Å². The van der Waals surface area contributed by atoms with Crippen molar-refractivity contribution in [2.75, 3.05) is 5.73 Å².